The molecule has 1 fully saturated rings. The van der Waals surface area contributed by atoms with Gasteiger partial charge in [0.1, 0.15) is 0 Å². The molecule has 0 aromatic carbocycles. The van der Waals surface area contributed by atoms with E-state index in [1.807, 2.05) is 6.92 Å². The number of piperidine rings is 1. The highest BCUT2D eigenvalue weighted by atomic mass is 32.1. The van der Waals surface area contributed by atoms with Crippen molar-refractivity contribution in [2.45, 2.75) is 19.8 Å². The number of hydrogen-bond acceptors (Lipinski definition) is 4. The third kappa shape index (κ3) is 2.46. The first-order valence-electron chi connectivity index (χ1n) is 5.59. The van der Waals surface area contributed by atoms with Crippen molar-refractivity contribution < 1.29 is 9.59 Å². The third-order valence-corrected chi connectivity index (χ3v) is 3.89. The van der Waals surface area contributed by atoms with Crippen LogP contribution in [0.2, 0.25) is 0 Å². The van der Waals surface area contributed by atoms with Crippen LogP contribution in [0.1, 0.15) is 28.9 Å². The van der Waals surface area contributed by atoms with E-state index in [9.17, 15) is 9.59 Å². The number of primary amides is 1. The molecule has 0 spiro atoms. The van der Waals surface area contributed by atoms with Gasteiger partial charge < -0.3 is 10.6 Å². The van der Waals surface area contributed by atoms with Crippen LogP contribution in [-0.2, 0) is 4.79 Å². The molecule has 1 aliphatic rings. The van der Waals surface area contributed by atoms with Crippen LogP contribution >= 0.6 is 11.5 Å². The molecule has 5 nitrogen and oxygen atoms in total. The predicted molar refractivity (Wildman–Crippen MR) is 64.7 cm³/mol. The number of rotatable bonds is 2. The summed E-state index contributed by atoms with van der Waals surface area (Å²) in [6.07, 6.45) is 1.33. The average molecular weight is 253 g/mol. The second kappa shape index (κ2) is 4.83. The molecule has 1 aromatic rings. The van der Waals surface area contributed by atoms with Gasteiger partial charge in [0.25, 0.3) is 5.91 Å². The Morgan fingerprint density at radius 2 is 2.12 bits per heavy atom. The number of nitrogens with zero attached hydrogens (tertiary/aromatic N) is 2. The molecule has 2 N–H and O–H groups in total. The highest BCUT2D eigenvalue weighted by molar-refractivity contribution is 7.03. The van der Waals surface area contributed by atoms with E-state index in [1.165, 1.54) is 11.5 Å². The lowest BCUT2D eigenvalue weighted by atomic mass is 9.96. The van der Waals surface area contributed by atoms with Gasteiger partial charge in [0.2, 0.25) is 5.91 Å². The largest absolute Gasteiger partial charge is 0.369 e. The minimum absolute atomic E-state index is 0.0131. The monoisotopic (exact) mass is 253 g/mol. The average Bonchev–Trinajstić information content (AvgIpc) is 2.74. The van der Waals surface area contributed by atoms with Crippen molar-refractivity contribution in [3.63, 3.8) is 0 Å². The summed E-state index contributed by atoms with van der Waals surface area (Å²) in [5.41, 5.74) is 6.71. The van der Waals surface area contributed by atoms with Crippen LogP contribution in [0.3, 0.4) is 0 Å². The number of carbonyl (C=O) groups excluding carboxylic acids is 2. The number of hydrogen-bond donors (Lipinski definition) is 1. The molecule has 0 unspecified atom stereocenters. The Bertz CT molecular complexity index is 436. The maximum absolute atomic E-state index is 12.1. The molecule has 6 heteroatoms. The van der Waals surface area contributed by atoms with Gasteiger partial charge in [-0.1, -0.05) is 0 Å². The number of amides is 2. The molecular weight excluding hydrogens is 238 g/mol. The molecular formula is C11H15N3O2S. The second-order valence-electron chi connectivity index (χ2n) is 4.28. The Labute approximate surface area is 104 Å². The van der Waals surface area contributed by atoms with Gasteiger partial charge in [-0.2, -0.15) is 4.37 Å². The predicted octanol–water partition coefficient (Wildman–Crippen LogP) is 0.789. The van der Waals surface area contributed by atoms with Crippen LogP contribution in [0.15, 0.2) is 5.38 Å². The molecule has 92 valence electrons. The Morgan fingerprint density at radius 1 is 1.47 bits per heavy atom. The maximum atomic E-state index is 12.1. The van der Waals surface area contributed by atoms with Crippen molar-refractivity contribution in [1.29, 1.82) is 0 Å². The second-order valence-corrected chi connectivity index (χ2v) is 4.91. The van der Waals surface area contributed by atoms with E-state index in [0.717, 1.165) is 5.69 Å². The van der Waals surface area contributed by atoms with Gasteiger partial charge in [0.05, 0.1) is 11.3 Å². The van der Waals surface area contributed by atoms with Crippen LogP contribution in [0.4, 0.5) is 0 Å². The molecule has 1 aromatic heterocycles. The molecule has 17 heavy (non-hydrogen) atoms. The van der Waals surface area contributed by atoms with Gasteiger partial charge >= 0.3 is 0 Å². The van der Waals surface area contributed by atoms with Crippen molar-refractivity contribution in [2.24, 2.45) is 11.7 Å². The molecule has 1 saturated heterocycles. The van der Waals surface area contributed by atoms with Gasteiger partial charge in [-0.05, 0) is 31.3 Å². The lowest BCUT2D eigenvalue weighted by Gasteiger charge is -2.30. The summed E-state index contributed by atoms with van der Waals surface area (Å²) in [7, 11) is 0. The van der Waals surface area contributed by atoms with Crippen LogP contribution in [-0.4, -0.2) is 34.2 Å². The summed E-state index contributed by atoms with van der Waals surface area (Å²) in [6.45, 7) is 3.03. The van der Waals surface area contributed by atoms with Gasteiger partial charge in [0.15, 0.2) is 0 Å². The molecule has 2 heterocycles. The van der Waals surface area contributed by atoms with Gasteiger partial charge in [-0.3, -0.25) is 9.59 Å². The zero-order valence-corrected chi connectivity index (χ0v) is 10.5. The molecule has 0 aliphatic carbocycles. The lowest BCUT2D eigenvalue weighted by molar-refractivity contribution is -0.123. The minimum Gasteiger partial charge on any atom is -0.369 e. The SMILES string of the molecule is Cc1nscc1C(=O)N1CCC(C(N)=O)CC1. The van der Waals surface area contributed by atoms with Gasteiger partial charge in [-0.25, -0.2) is 0 Å². The summed E-state index contributed by atoms with van der Waals surface area (Å²) in [5.74, 6) is -0.328. The van der Waals surface area contributed by atoms with E-state index >= 15 is 0 Å². The number of likely N-dealkylation sites (tertiary alicyclic amines) is 1. The highest BCUT2D eigenvalue weighted by Crippen LogP contribution is 2.20. The number of aromatic nitrogens is 1. The zero-order valence-electron chi connectivity index (χ0n) is 9.68. The molecule has 1 aliphatic heterocycles. The molecule has 0 saturated carbocycles. The smallest absolute Gasteiger partial charge is 0.256 e. The molecule has 0 radical (unpaired) electrons. The third-order valence-electron chi connectivity index (χ3n) is 3.16. The Kier molecular flexibility index (Phi) is 3.42. The van der Waals surface area contributed by atoms with Crippen LogP contribution < -0.4 is 5.73 Å². The van der Waals surface area contributed by atoms with E-state index in [2.05, 4.69) is 4.37 Å². The minimum atomic E-state index is -0.259. The summed E-state index contributed by atoms with van der Waals surface area (Å²) >= 11 is 1.29. The van der Waals surface area contributed by atoms with Crippen LogP contribution in [0, 0.1) is 12.8 Å². The zero-order chi connectivity index (χ0) is 12.4. The van der Waals surface area contributed by atoms with Crippen LogP contribution in [0.5, 0.6) is 0 Å². The Morgan fingerprint density at radius 3 is 2.59 bits per heavy atom. The van der Waals surface area contributed by atoms with E-state index in [1.54, 1.807) is 10.3 Å². The van der Waals surface area contributed by atoms with Crippen molar-refractivity contribution in [1.82, 2.24) is 9.27 Å². The van der Waals surface area contributed by atoms with E-state index in [4.69, 9.17) is 5.73 Å². The lowest BCUT2D eigenvalue weighted by Crippen LogP contribution is -2.41. The Balaban J connectivity index is 2.00. The molecule has 2 amide bonds. The van der Waals surface area contributed by atoms with Crippen LogP contribution in [0.25, 0.3) is 0 Å². The van der Waals surface area contributed by atoms with E-state index in [-0.39, 0.29) is 17.7 Å². The van der Waals surface area contributed by atoms with E-state index in [0.29, 0.717) is 31.5 Å². The maximum Gasteiger partial charge on any atom is 0.256 e. The topological polar surface area (TPSA) is 76.3 Å². The summed E-state index contributed by atoms with van der Waals surface area (Å²) in [4.78, 5) is 24.9. The first-order chi connectivity index (χ1) is 8.09. The Hall–Kier alpha value is -1.43. The number of aryl methyl sites for hydroxylation is 1. The van der Waals surface area contributed by atoms with Crippen molar-refractivity contribution in [3.05, 3.63) is 16.6 Å². The van der Waals surface area contributed by atoms with Crippen molar-refractivity contribution in [2.75, 3.05) is 13.1 Å². The number of nitrogens with two attached hydrogens (primary N) is 1. The molecule has 0 atom stereocenters. The van der Waals surface area contributed by atoms with Gasteiger partial charge in [-0.15, -0.1) is 0 Å². The summed E-state index contributed by atoms with van der Waals surface area (Å²) < 4.78 is 4.10. The fraction of sp³-hybridized carbons (Fsp3) is 0.545. The summed E-state index contributed by atoms with van der Waals surface area (Å²) in [6, 6.07) is 0. The van der Waals surface area contributed by atoms with E-state index < -0.39 is 0 Å². The molecule has 2 rings (SSSR count). The van der Waals surface area contributed by atoms with Gasteiger partial charge in [0, 0.05) is 24.4 Å². The fourth-order valence-corrected chi connectivity index (χ4v) is 2.72. The molecule has 0 bridgehead atoms. The van der Waals surface area contributed by atoms with Crippen molar-refractivity contribution in [3.8, 4) is 0 Å². The quantitative estimate of drug-likeness (QED) is 0.846. The first kappa shape index (κ1) is 12.0. The standard InChI is InChI=1S/C11H15N3O2S/c1-7-9(6-17-13-7)11(16)14-4-2-8(3-5-14)10(12)15/h6,8H,2-5H2,1H3,(H2,12,15). The number of carbonyl (C=O) groups is 2. The summed E-state index contributed by atoms with van der Waals surface area (Å²) in [5, 5.41) is 1.78. The highest BCUT2D eigenvalue weighted by Gasteiger charge is 2.27. The first-order valence-corrected chi connectivity index (χ1v) is 6.43. The fourth-order valence-electron chi connectivity index (χ4n) is 2.04. The normalized spacial score (nSPS) is 17.1. The van der Waals surface area contributed by atoms with Crippen molar-refractivity contribution >= 4 is 23.3 Å².